The van der Waals surface area contributed by atoms with Gasteiger partial charge in [0.25, 0.3) is 0 Å². The molecular formula is C10H11N5O. The number of nitrogens with zero attached hydrogens (tertiary/aromatic N) is 5. The van der Waals surface area contributed by atoms with Crippen LogP contribution in [0.2, 0.25) is 0 Å². The second-order valence-electron chi connectivity index (χ2n) is 3.61. The van der Waals surface area contributed by atoms with E-state index in [2.05, 4.69) is 10.0 Å². The number of fused-ring (bicyclic) bond motifs is 1. The SMILES string of the molecule is Cn1c(=O)n(C)c2cc(CN=[N+]=[N-])ccc21. The molecule has 1 aromatic heterocycles. The minimum Gasteiger partial charge on any atom is -0.295 e. The number of aryl methyl sites for hydroxylation is 2. The van der Waals surface area contributed by atoms with Gasteiger partial charge in [-0.3, -0.25) is 9.13 Å². The molecule has 16 heavy (non-hydrogen) atoms. The fourth-order valence-corrected chi connectivity index (χ4v) is 1.76. The van der Waals surface area contributed by atoms with Crippen molar-refractivity contribution in [2.24, 2.45) is 19.2 Å². The van der Waals surface area contributed by atoms with Gasteiger partial charge >= 0.3 is 5.69 Å². The van der Waals surface area contributed by atoms with Crippen molar-refractivity contribution in [3.8, 4) is 0 Å². The average molecular weight is 217 g/mol. The third-order valence-electron chi connectivity index (χ3n) is 2.65. The van der Waals surface area contributed by atoms with Crippen molar-refractivity contribution in [2.75, 3.05) is 0 Å². The first kappa shape index (κ1) is 10.3. The first-order valence-corrected chi connectivity index (χ1v) is 4.80. The molecule has 0 fully saturated rings. The number of aromatic nitrogens is 2. The lowest BCUT2D eigenvalue weighted by atomic mass is 10.2. The summed E-state index contributed by atoms with van der Waals surface area (Å²) in [6, 6.07) is 5.58. The van der Waals surface area contributed by atoms with Crippen molar-refractivity contribution < 1.29 is 0 Å². The van der Waals surface area contributed by atoms with E-state index in [4.69, 9.17) is 5.53 Å². The van der Waals surface area contributed by atoms with Crippen LogP contribution in [-0.2, 0) is 20.6 Å². The number of benzene rings is 1. The third kappa shape index (κ3) is 1.45. The molecule has 0 N–H and O–H groups in total. The largest absolute Gasteiger partial charge is 0.328 e. The molecular weight excluding hydrogens is 206 g/mol. The number of azide groups is 1. The molecule has 6 nitrogen and oxygen atoms in total. The number of imidazole rings is 1. The van der Waals surface area contributed by atoms with Crippen LogP contribution < -0.4 is 5.69 Å². The van der Waals surface area contributed by atoms with E-state index in [-0.39, 0.29) is 5.69 Å². The van der Waals surface area contributed by atoms with Crippen LogP contribution in [0.25, 0.3) is 21.5 Å². The topological polar surface area (TPSA) is 75.7 Å². The van der Waals surface area contributed by atoms with E-state index in [0.717, 1.165) is 16.6 Å². The van der Waals surface area contributed by atoms with Crippen LogP contribution in [0.1, 0.15) is 5.56 Å². The summed E-state index contributed by atoms with van der Waals surface area (Å²) in [4.78, 5) is 14.4. The van der Waals surface area contributed by atoms with Crippen LogP contribution in [0.5, 0.6) is 0 Å². The van der Waals surface area contributed by atoms with Gasteiger partial charge in [0.05, 0.1) is 17.6 Å². The smallest absolute Gasteiger partial charge is 0.295 e. The molecule has 2 rings (SSSR count). The second kappa shape index (κ2) is 3.75. The molecule has 0 aliphatic carbocycles. The molecule has 0 saturated heterocycles. The molecule has 0 bridgehead atoms. The highest BCUT2D eigenvalue weighted by Crippen LogP contribution is 2.14. The van der Waals surface area contributed by atoms with Crippen LogP contribution in [0.3, 0.4) is 0 Å². The first-order valence-electron chi connectivity index (χ1n) is 4.80. The Morgan fingerprint density at radius 1 is 1.31 bits per heavy atom. The Bertz CT molecular complexity index is 645. The highest BCUT2D eigenvalue weighted by Gasteiger charge is 2.07. The van der Waals surface area contributed by atoms with Crippen molar-refractivity contribution in [3.05, 3.63) is 44.7 Å². The van der Waals surface area contributed by atoms with E-state index in [1.54, 1.807) is 23.2 Å². The normalized spacial score (nSPS) is 10.4. The maximum atomic E-state index is 11.7. The second-order valence-corrected chi connectivity index (χ2v) is 3.61. The molecule has 0 spiro atoms. The van der Waals surface area contributed by atoms with Crippen molar-refractivity contribution in [1.82, 2.24) is 9.13 Å². The van der Waals surface area contributed by atoms with Crippen molar-refractivity contribution in [2.45, 2.75) is 6.54 Å². The summed E-state index contributed by atoms with van der Waals surface area (Å²) in [5.41, 5.74) is 10.8. The Labute approximate surface area is 91.4 Å². The summed E-state index contributed by atoms with van der Waals surface area (Å²) in [5.74, 6) is 0. The molecule has 0 unspecified atom stereocenters. The molecule has 1 heterocycles. The van der Waals surface area contributed by atoms with E-state index >= 15 is 0 Å². The van der Waals surface area contributed by atoms with Crippen LogP contribution in [0, 0.1) is 0 Å². The maximum absolute atomic E-state index is 11.7. The Balaban J connectivity index is 2.66. The molecule has 6 heteroatoms. The average Bonchev–Trinajstić information content (AvgIpc) is 2.52. The minimum absolute atomic E-state index is 0.0593. The van der Waals surface area contributed by atoms with Crippen LogP contribution >= 0.6 is 0 Å². The van der Waals surface area contributed by atoms with Gasteiger partial charge in [-0.25, -0.2) is 4.79 Å². The van der Waals surface area contributed by atoms with Crippen molar-refractivity contribution >= 4 is 11.0 Å². The Morgan fingerprint density at radius 3 is 2.69 bits per heavy atom. The van der Waals surface area contributed by atoms with Crippen LogP contribution in [0.15, 0.2) is 28.1 Å². The van der Waals surface area contributed by atoms with E-state index in [1.165, 1.54) is 0 Å². The van der Waals surface area contributed by atoms with Gasteiger partial charge in [-0.15, -0.1) is 0 Å². The highest BCUT2D eigenvalue weighted by molar-refractivity contribution is 5.76. The predicted molar refractivity (Wildman–Crippen MR) is 61.0 cm³/mol. The van der Waals surface area contributed by atoms with E-state index in [1.807, 2.05) is 18.2 Å². The fraction of sp³-hybridized carbons (Fsp3) is 0.300. The lowest BCUT2D eigenvalue weighted by Crippen LogP contribution is -2.19. The van der Waals surface area contributed by atoms with Crippen molar-refractivity contribution in [3.63, 3.8) is 0 Å². The molecule has 0 radical (unpaired) electrons. The van der Waals surface area contributed by atoms with Crippen LogP contribution in [0.4, 0.5) is 0 Å². The zero-order valence-corrected chi connectivity index (χ0v) is 9.08. The van der Waals surface area contributed by atoms with Gasteiger partial charge < -0.3 is 0 Å². The molecule has 1 aromatic carbocycles. The van der Waals surface area contributed by atoms with Gasteiger partial charge in [0.15, 0.2) is 0 Å². The lowest BCUT2D eigenvalue weighted by molar-refractivity contribution is 0.795. The number of hydrogen-bond acceptors (Lipinski definition) is 2. The number of hydrogen-bond donors (Lipinski definition) is 0. The van der Waals surface area contributed by atoms with Gasteiger partial charge in [-0.1, -0.05) is 11.2 Å². The summed E-state index contributed by atoms with van der Waals surface area (Å²) >= 11 is 0. The molecule has 0 saturated carbocycles. The maximum Gasteiger partial charge on any atom is 0.328 e. The monoisotopic (exact) mass is 217 g/mol. The predicted octanol–water partition coefficient (Wildman–Crippen LogP) is 1.69. The zero-order chi connectivity index (χ0) is 11.7. The molecule has 0 amide bonds. The molecule has 0 aliphatic rings. The van der Waals surface area contributed by atoms with Gasteiger partial charge in [-0.2, -0.15) is 0 Å². The summed E-state index contributed by atoms with van der Waals surface area (Å²) in [6.07, 6.45) is 0. The Morgan fingerprint density at radius 2 is 2.00 bits per heavy atom. The lowest BCUT2D eigenvalue weighted by Gasteiger charge is -1.98. The standard InChI is InChI=1S/C10H11N5O/c1-14-8-4-3-7(6-12-13-11)5-9(8)15(2)10(14)16/h3-5H,6H2,1-2H3. The Hall–Kier alpha value is -2.20. The van der Waals surface area contributed by atoms with Crippen LogP contribution in [-0.4, -0.2) is 9.13 Å². The first-order chi connectivity index (χ1) is 7.65. The van der Waals surface area contributed by atoms with Crippen molar-refractivity contribution in [1.29, 1.82) is 0 Å². The third-order valence-corrected chi connectivity index (χ3v) is 2.65. The highest BCUT2D eigenvalue weighted by atomic mass is 16.1. The van der Waals surface area contributed by atoms with Gasteiger partial charge in [0.1, 0.15) is 0 Å². The summed E-state index contributed by atoms with van der Waals surface area (Å²) in [7, 11) is 3.46. The summed E-state index contributed by atoms with van der Waals surface area (Å²) < 4.78 is 3.17. The van der Waals surface area contributed by atoms with Gasteiger partial charge in [-0.05, 0) is 23.2 Å². The zero-order valence-electron chi connectivity index (χ0n) is 9.08. The fourth-order valence-electron chi connectivity index (χ4n) is 1.76. The molecule has 0 aliphatic heterocycles. The molecule has 2 aromatic rings. The summed E-state index contributed by atoms with van der Waals surface area (Å²) in [5, 5.41) is 3.49. The molecule has 82 valence electrons. The quantitative estimate of drug-likeness (QED) is 0.428. The Kier molecular flexibility index (Phi) is 2.42. The molecule has 0 atom stereocenters. The minimum atomic E-state index is -0.0593. The van der Waals surface area contributed by atoms with E-state index < -0.39 is 0 Å². The van der Waals surface area contributed by atoms with E-state index in [0.29, 0.717) is 6.54 Å². The number of rotatable bonds is 2. The summed E-state index contributed by atoms with van der Waals surface area (Å²) in [6.45, 7) is 0.301. The van der Waals surface area contributed by atoms with Gasteiger partial charge in [0.2, 0.25) is 0 Å². The van der Waals surface area contributed by atoms with E-state index in [9.17, 15) is 4.79 Å². The van der Waals surface area contributed by atoms with Gasteiger partial charge in [0, 0.05) is 19.0 Å².